The van der Waals surface area contributed by atoms with Crippen molar-refractivity contribution >= 4 is 11.7 Å². The number of hydrogen-bond donors (Lipinski definition) is 2. The summed E-state index contributed by atoms with van der Waals surface area (Å²) in [6.07, 6.45) is 7.61. The van der Waals surface area contributed by atoms with E-state index < -0.39 is 17.9 Å². The van der Waals surface area contributed by atoms with Crippen LogP contribution in [0.25, 0.3) is 0 Å². The van der Waals surface area contributed by atoms with Crippen LogP contribution in [0.2, 0.25) is 0 Å². The fourth-order valence-corrected chi connectivity index (χ4v) is 4.09. The van der Waals surface area contributed by atoms with Crippen LogP contribution in [0.15, 0.2) is 41.5 Å². The van der Waals surface area contributed by atoms with Crippen LogP contribution in [0.5, 0.6) is 0 Å². The number of pyridine rings is 2. The third kappa shape index (κ3) is 5.36. The highest BCUT2D eigenvalue weighted by Crippen LogP contribution is 2.40. The Kier molecular flexibility index (Phi) is 6.18. The lowest BCUT2D eigenvalue weighted by atomic mass is 9.87. The van der Waals surface area contributed by atoms with Crippen molar-refractivity contribution in [2.24, 2.45) is 5.92 Å². The molecule has 2 aromatic rings. The minimum atomic E-state index is -2.90. The summed E-state index contributed by atoms with van der Waals surface area (Å²) in [5.74, 6) is -2.94. The third-order valence-electron chi connectivity index (χ3n) is 6.41. The summed E-state index contributed by atoms with van der Waals surface area (Å²) in [6, 6.07) is 5.86. The molecule has 1 saturated carbocycles. The normalized spacial score (nSPS) is 22.1. The Morgan fingerprint density at radius 1 is 1.32 bits per heavy atom. The van der Waals surface area contributed by atoms with Crippen molar-refractivity contribution in [2.75, 3.05) is 18.4 Å². The molecule has 1 unspecified atom stereocenters. The fraction of sp³-hybridized carbons (Fsp3) is 0.522. The highest BCUT2D eigenvalue weighted by atomic mass is 19.3. The van der Waals surface area contributed by atoms with Gasteiger partial charge >= 0.3 is 0 Å². The van der Waals surface area contributed by atoms with Gasteiger partial charge in [-0.05, 0) is 42.9 Å². The van der Waals surface area contributed by atoms with Gasteiger partial charge in [-0.1, -0.05) is 25.0 Å². The zero-order valence-electron chi connectivity index (χ0n) is 17.6. The number of hydrogen-bond acceptors (Lipinski definition) is 4. The summed E-state index contributed by atoms with van der Waals surface area (Å²) < 4.78 is 29.1. The lowest BCUT2D eigenvalue weighted by Gasteiger charge is -2.40. The molecule has 2 aromatic heterocycles. The highest BCUT2D eigenvalue weighted by molar-refractivity contribution is 5.93. The van der Waals surface area contributed by atoms with Gasteiger partial charge in [0.1, 0.15) is 5.82 Å². The molecule has 4 rings (SSSR count). The average Bonchev–Trinajstić information content (AvgIpc) is 3.58. The van der Waals surface area contributed by atoms with E-state index in [2.05, 4.69) is 15.3 Å². The number of likely N-dealkylation sites (tertiary alicyclic amines) is 1. The van der Waals surface area contributed by atoms with Crippen molar-refractivity contribution in [2.45, 2.75) is 56.9 Å². The van der Waals surface area contributed by atoms with Gasteiger partial charge < -0.3 is 10.3 Å². The lowest BCUT2D eigenvalue weighted by Crippen LogP contribution is -2.52. The quantitative estimate of drug-likeness (QED) is 0.704. The molecule has 3 heterocycles. The third-order valence-corrected chi connectivity index (χ3v) is 6.41. The smallest absolute Gasteiger partial charge is 0.257 e. The molecular weight excluding hydrogens is 402 g/mol. The summed E-state index contributed by atoms with van der Waals surface area (Å²) in [7, 11) is 0. The second-order valence-electron chi connectivity index (χ2n) is 8.74. The number of halogens is 2. The number of aromatic amines is 1. The number of rotatable bonds is 7. The van der Waals surface area contributed by atoms with Gasteiger partial charge in [0.25, 0.3) is 5.92 Å². The van der Waals surface area contributed by atoms with E-state index >= 15 is 0 Å². The number of anilines is 1. The molecule has 1 amide bonds. The van der Waals surface area contributed by atoms with E-state index in [0.29, 0.717) is 11.4 Å². The number of amides is 1. The molecule has 31 heavy (non-hydrogen) atoms. The maximum absolute atomic E-state index is 14.6. The molecule has 6 nitrogen and oxygen atoms in total. The minimum Gasteiger partial charge on any atom is -0.329 e. The van der Waals surface area contributed by atoms with Gasteiger partial charge in [0.05, 0.1) is 12.0 Å². The van der Waals surface area contributed by atoms with Gasteiger partial charge in [0.2, 0.25) is 11.5 Å². The number of aryl methyl sites for hydroxylation is 1. The maximum Gasteiger partial charge on any atom is 0.257 e. The van der Waals surface area contributed by atoms with Crippen LogP contribution in [-0.4, -0.2) is 45.8 Å². The van der Waals surface area contributed by atoms with Crippen molar-refractivity contribution < 1.29 is 13.6 Å². The zero-order valence-corrected chi connectivity index (χ0v) is 17.6. The van der Waals surface area contributed by atoms with Crippen LogP contribution in [0.3, 0.4) is 0 Å². The van der Waals surface area contributed by atoms with Gasteiger partial charge in [-0.2, -0.15) is 0 Å². The molecule has 0 aromatic carbocycles. The molecule has 8 heteroatoms. The zero-order chi connectivity index (χ0) is 22.0. The van der Waals surface area contributed by atoms with Crippen LogP contribution in [-0.2, 0) is 11.2 Å². The van der Waals surface area contributed by atoms with Gasteiger partial charge in [0, 0.05) is 38.0 Å². The molecule has 0 bridgehead atoms. The van der Waals surface area contributed by atoms with Gasteiger partial charge in [0.15, 0.2) is 0 Å². The van der Waals surface area contributed by atoms with Crippen LogP contribution in [0, 0.1) is 5.92 Å². The largest absolute Gasteiger partial charge is 0.329 e. The molecule has 2 atom stereocenters. The summed E-state index contributed by atoms with van der Waals surface area (Å²) >= 11 is 0. The summed E-state index contributed by atoms with van der Waals surface area (Å²) in [6.45, 7) is 1.86. The van der Waals surface area contributed by atoms with E-state index in [9.17, 15) is 18.4 Å². The number of carbonyl (C=O) groups is 1. The van der Waals surface area contributed by atoms with Gasteiger partial charge in [-0.3, -0.25) is 14.5 Å². The van der Waals surface area contributed by atoms with E-state index in [1.54, 1.807) is 24.1 Å². The molecular formula is C23H28F2N4O2. The number of piperidine rings is 1. The summed E-state index contributed by atoms with van der Waals surface area (Å²) in [4.78, 5) is 32.6. The van der Waals surface area contributed by atoms with Crippen LogP contribution >= 0.6 is 0 Å². The van der Waals surface area contributed by atoms with E-state index in [1.807, 2.05) is 6.07 Å². The molecule has 166 valence electrons. The van der Waals surface area contributed by atoms with E-state index in [4.69, 9.17) is 0 Å². The Hall–Kier alpha value is -2.61. The average molecular weight is 430 g/mol. The van der Waals surface area contributed by atoms with E-state index in [1.165, 1.54) is 37.6 Å². The second-order valence-corrected chi connectivity index (χ2v) is 8.74. The molecule has 1 aliphatic heterocycles. The molecule has 0 spiro atoms. The topological polar surface area (TPSA) is 78.1 Å². The predicted octanol–water partition coefficient (Wildman–Crippen LogP) is 3.56. The Morgan fingerprint density at radius 2 is 2.13 bits per heavy atom. The predicted molar refractivity (Wildman–Crippen MR) is 114 cm³/mol. The van der Waals surface area contributed by atoms with Gasteiger partial charge in [-0.25, -0.2) is 13.8 Å². The second kappa shape index (κ2) is 8.86. The van der Waals surface area contributed by atoms with Crippen molar-refractivity contribution in [3.05, 3.63) is 58.1 Å². The summed E-state index contributed by atoms with van der Waals surface area (Å²) in [5, 5.41) is 2.80. The molecule has 1 aliphatic carbocycles. The molecule has 0 radical (unpaired) electrons. The van der Waals surface area contributed by atoms with Crippen molar-refractivity contribution in [3.63, 3.8) is 0 Å². The van der Waals surface area contributed by atoms with E-state index in [-0.39, 0.29) is 31.0 Å². The highest BCUT2D eigenvalue weighted by Gasteiger charge is 2.46. The number of aromatic nitrogens is 2. The first-order valence-electron chi connectivity index (χ1n) is 10.9. The monoisotopic (exact) mass is 430 g/mol. The first kappa shape index (κ1) is 21.6. The number of nitrogens with zero attached hydrogens (tertiary/aromatic N) is 2. The SMILES string of the molecule is CC(C(=O)Nc1ccc(CCC2CC2)cn1)N1CCC(F)(F)[C@@H](c2ccc(=O)[nH]c2)C1. The Balaban J connectivity index is 1.37. The maximum atomic E-state index is 14.6. The van der Waals surface area contributed by atoms with Crippen LogP contribution in [0.1, 0.15) is 49.7 Å². The molecule has 2 N–H and O–H groups in total. The molecule has 2 fully saturated rings. The summed E-state index contributed by atoms with van der Waals surface area (Å²) in [5.41, 5.74) is 1.18. The lowest BCUT2D eigenvalue weighted by molar-refractivity contribution is -0.125. The molecule has 2 aliphatic rings. The number of carbonyl (C=O) groups excluding carboxylic acids is 1. The van der Waals surface area contributed by atoms with Gasteiger partial charge in [-0.15, -0.1) is 0 Å². The first-order chi connectivity index (χ1) is 14.8. The van der Waals surface area contributed by atoms with Crippen LogP contribution < -0.4 is 10.9 Å². The Morgan fingerprint density at radius 3 is 2.77 bits per heavy atom. The Bertz CT molecular complexity index is 952. The Labute approximate surface area is 180 Å². The van der Waals surface area contributed by atoms with Crippen molar-refractivity contribution in [1.29, 1.82) is 0 Å². The number of alkyl halides is 2. The van der Waals surface area contributed by atoms with Crippen molar-refractivity contribution in [1.82, 2.24) is 14.9 Å². The molecule has 1 saturated heterocycles. The number of H-pyrrole nitrogens is 1. The van der Waals surface area contributed by atoms with Crippen LogP contribution in [0.4, 0.5) is 14.6 Å². The first-order valence-corrected chi connectivity index (χ1v) is 10.9. The van der Waals surface area contributed by atoms with Crippen molar-refractivity contribution in [3.8, 4) is 0 Å². The minimum absolute atomic E-state index is 0.0289. The standard InChI is InChI=1S/C23H28F2N4O2/c1-15(22(31)28-20-8-6-17(12-26-20)5-4-16-2-3-16)29-11-10-23(24,25)19(14-29)18-7-9-21(30)27-13-18/h6-9,12-13,15-16,19H,2-5,10-11,14H2,1H3,(H,27,30)(H,26,28,31)/t15?,19-/m1/s1. The van der Waals surface area contributed by atoms with E-state index in [0.717, 1.165) is 17.9 Å². The fourth-order valence-electron chi connectivity index (χ4n) is 4.09. The number of nitrogens with one attached hydrogen (secondary N) is 2.